The van der Waals surface area contributed by atoms with Gasteiger partial charge in [-0.15, -0.1) is 0 Å². The number of amides is 1. The Kier molecular flexibility index (Phi) is 4.90. The second kappa shape index (κ2) is 6.66. The summed E-state index contributed by atoms with van der Waals surface area (Å²) < 4.78 is 0.870. The number of pyridine rings is 1. The highest BCUT2D eigenvalue weighted by molar-refractivity contribution is 9.10. The highest BCUT2D eigenvalue weighted by Crippen LogP contribution is 2.22. The molecule has 1 aromatic heterocycles. The van der Waals surface area contributed by atoms with E-state index in [0.717, 1.165) is 22.2 Å². The maximum absolute atomic E-state index is 12.4. The van der Waals surface area contributed by atoms with Crippen molar-refractivity contribution >= 4 is 21.8 Å². The average molecular weight is 333 g/mol. The van der Waals surface area contributed by atoms with Gasteiger partial charge in [0.25, 0.3) is 5.91 Å². The van der Waals surface area contributed by atoms with Crippen LogP contribution < -0.4 is 0 Å². The molecule has 0 aliphatic rings. The molecule has 0 saturated heterocycles. The number of hydrogen-bond acceptors (Lipinski definition) is 2. The number of carbonyl (C=O) groups excluding carboxylic acids is 1. The van der Waals surface area contributed by atoms with Crippen LogP contribution in [0.25, 0.3) is 0 Å². The Morgan fingerprint density at radius 2 is 2.05 bits per heavy atom. The first kappa shape index (κ1) is 14.7. The fourth-order valence-electron chi connectivity index (χ4n) is 1.95. The Hall–Kier alpha value is -1.68. The second-order valence-corrected chi connectivity index (χ2v) is 5.53. The summed E-state index contributed by atoms with van der Waals surface area (Å²) in [4.78, 5) is 18.4. The van der Waals surface area contributed by atoms with Crippen molar-refractivity contribution in [3.05, 3.63) is 63.9 Å². The van der Waals surface area contributed by atoms with Crippen LogP contribution in [-0.4, -0.2) is 29.4 Å². The van der Waals surface area contributed by atoms with Gasteiger partial charge in [-0.25, -0.2) is 0 Å². The van der Waals surface area contributed by atoms with Crippen molar-refractivity contribution in [1.82, 2.24) is 9.88 Å². The Balaban J connectivity index is 2.04. The predicted molar refractivity (Wildman–Crippen MR) is 83.8 cm³/mol. The molecule has 0 bridgehead atoms. The van der Waals surface area contributed by atoms with Gasteiger partial charge in [0.2, 0.25) is 0 Å². The predicted octanol–water partition coefficient (Wildman–Crippen LogP) is 3.47. The van der Waals surface area contributed by atoms with E-state index in [-0.39, 0.29) is 5.91 Å². The molecule has 0 aliphatic heterocycles. The molecule has 4 heteroatoms. The van der Waals surface area contributed by atoms with Crippen molar-refractivity contribution in [3.63, 3.8) is 0 Å². The fraction of sp³-hybridized carbons (Fsp3) is 0.250. The number of hydrogen-bond donors (Lipinski definition) is 0. The lowest BCUT2D eigenvalue weighted by molar-refractivity contribution is 0.0795. The molecule has 0 spiro atoms. The van der Waals surface area contributed by atoms with E-state index in [9.17, 15) is 4.79 Å². The smallest absolute Gasteiger partial charge is 0.254 e. The molecule has 1 amide bonds. The molecule has 0 atom stereocenters. The molecule has 3 nitrogen and oxygen atoms in total. The minimum Gasteiger partial charge on any atom is -0.341 e. The lowest BCUT2D eigenvalue weighted by atomic mass is 10.1. The molecule has 0 N–H and O–H groups in total. The average Bonchev–Trinajstić information content (AvgIpc) is 2.48. The summed E-state index contributed by atoms with van der Waals surface area (Å²) in [5.41, 5.74) is 2.76. The molecular weight excluding hydrogens is 316 g/mol. The van der Waals surface area contributed by atoms with E-state index in [1.165, 1.54) is 0 Å². The van der Waals surface area contributed by atoms with Crippen LogP contribution in [-0.2, 0) is 6.42 Å². The number of rotatable bonds is 4. The lowest BCUT2D eigenvalue weighted by Gasteiger charge is -2.18. The van der Waals surface area contributed by atoms with Gasteiger partial charge in [-0.1, -0.05) is 18.2 Å². The highest BCUT2D eigenvalue weighted by atomic mass is 79.9. The topological polar surface area (TPSA) is 33.2 Å². The number of likely N-dealkylation sites (N-methyl/N-ethyl adjacent to an activating group) is 1. The lowest BCUT2D eigenvalue weighted by Crippen LogP contribution is -2.29. The zero-order valence-electron chi connectivity index (χ0n) is 11.6. The van der Waals surface area contributed by atoms with Crippen molar-refractivity contribution in [2.24, 2.45) is 0 Å². The van der Waals surface area contributed by atoms with E-state index < -0.39 is 0 Å². The fourth-order valence-corrected chi connectivity index (χ4v) is 2.38. The van der Waals surface area contributed by atoms with E-state index in [4.69, 9.17) is 0 Å². The van der Waals surface area contributed by atoms with Crippen LogP contribution in [0.5, 0.6) is 0 Å². The first-order chi connectivity index (χ1) is 9.59. The number of halogens is 1. The summed E-state index contributed by atoms with van der Waals surface area (Å²) >= 11 is 3.49. The summed E-state index contributed by atoms with van der Waals surface area (Å²) in [5.74, 6) is 0.0245. The third-order valence-corrected chi connectivity index (χ3v) is 4.25. The van der Waals surface area contributed by atoms with Crippen molar-refractivity contribution in [3.8, 4) is 0 Å². The van der Waals surface area contributed by atoms with Gasteiger partial charge in [-0.3, -0.25) is 9.78 Å². The van der Waals surface area contributed by atoms with Crippen LogP contribution in [0.1, 0.15) is 21.6 Å². The summed E-state index contributed by atoms with van der Waals surface area (Å²) in [6.45, 7) is 2.63. The maximum atomic E-state index is 12.4. The van der Waals surface area contributed by atoms with E-state index >= 15 is 0 Å². The van der Waals surface area contributed by atoms with Crippen molar-refractivity contribution in [1.29, 1.82) is 0 Å². The van der Waals surface area contributed by atoms with E-state index in [1.807, 2.05) is 50.4 Å². The normalized spacial score (nSPS) is 10.3. The molecule has 0 unspecified atom stereocenters. The molecule has 0 radical (unpaired) electrons. The zero-order valence-corrected chi connectivity index (χ0v) is 13.2. The summed E-state index contributed by atoms with van der Waals surface area (Å²) in [6, 6.07) is 11.6. The van der Waals surface area contributed by atoms with Crippen molar-refractivity contribution in [2.45, 2.75) is 13.3 Å². The van der Waals surface area contributed by atoms with Gasteiger partial charge in [-0.2, -0.15) is 0 Å². The van der Waals surface area contributed by atoms with E-state index in [0.29, 0.717) is 12.1 Å². The first-order valence-corrected chi connectivity index (χ1v) is 7.29. The second-order valence-electron chi connectivity index (χ2n) is 4.73. The molecule has 1 heterocycles. The highest BCUT2D eigenvalue weighted by Gasteiger charge is 2.15. The number of aryl methyl sites for hydroxylation is 1. The number of aromatic nitrogens is 1. The van der Waals surface area contributed by atoms with Gasteiger partial charge in [0.1, 0.15) is 0 Å². The molecule has 1 aromatic carbocycles. The number of benzene rings is 1. The Bertz CT molecular complexity index is 599. The molecule has 0 fully saturated rings. The van der Waals surface area contributed by atoms with Gasteiger partial charge in [0.05, 0.1) is 5.56 Å². The largest absolute Gasteiger partial charge is 0.341 e. The van der Waals surface area contributed by atoms with Gasteiger partial charge >= 0.3 is 0 Å². The standard InChI is InChI=1S/C16H17BrN2O/c1-12-6-5-8-14(15(12)17)16(20)19(2)11-9-13-7-3-4-10-18-13/h3-8,10H,9,11H2,1-2H3. The van der Waals surface area contributed by atoms with Gasteiger partial charge in [0.15, 0.2) is 0 Å². The molecule has 0 aliphatic carbocycles. The van der Waals surface area contributed by atoms with Crippen LogP contribution in [0.2, 0.25) is 0 Å². The minimum absolute atomic E-state index is 0.0245. The third-order valence-electron chi connectivity index (χ3n) is 3.20. The molecule has 2 aromatic rings. The van der Waals surface area contributed by atoms with Crippen LogP contribution >= 0.6 is 15.9 Å². The third kappa shape index (κ3) is 3.45. The SMILES string of the molecule is Cc1cccc(C(=O)N(C)CCc2ccccn2)c1Br. The molecule has 104 valence electrons. The van der Waals surface area contributed by atoms with E-state index in [1.54, 1.807) is 11.1 Å². The molecule has 2 rings (SSSR count). The van der Waals surface area contributed by atoms with Crippen molar-refractivity contribution in [2.75, 3.05) is 13.6 Å². The molecule has 20 heavy (non-hydrogen) atoms. The van der Waals surface area contributed by atoms with E-state index in [2.05, 4.69) is 20.9 Å². The Morgan fingerprint density at radius 3 is 2.75 bits per heavy atom. The molecule has 0 saturated carbocycles. The maximum Gasteiger partial charge on any atom is 0.254 e. The summed E-state index contributed by atoms with van der Waals surface area (Å²) in [6.07, 6.45) is 2.53. The van der Waals surface area contributed by atoms with Crippen LogP contribution in [0.3, 0.4) is 0 Å². The summed E-state index contributed by atoms with van der Waals surface area (Å²) in [7, 11) is 1.82. The number of nitrogens with zero attached hydrogens (tertiary/aromatic N) is 2. The first-order valence-electron chi connectivity index (χ1n) is 6.50. The monoisotopic (exact) mass is 332 g/mol. The number of carbonyl (C=O) groups is 1. The van der Waals surface area contributed by atoms with Crippen molar-refractivity contribution < 1.29 is 4.79 Å². The Morgan fingerprint density at radius 1 is 1.25 bits per heavy atom. The summed E-state index contributed by atoms with van der Waals surface area (Å²) in [5, 5.41) is 0. The van der Waals surface area contributed by atoms with Crippen LogP contribution in [0.4, 0.5) is 0 Å². The van der Waals surface area contributed by atoms with Crippen LogP contribution in [0.15, 0.2) is 47.1 Å². The minimum atomic E-state index is 0.0245. The zero-order chi connectivity index (χ0) is 14.5. The molecular formula is C16H17BrN2O. The Labute approximate surface area is 127 Å². The quantitative estimate of drug-likeness (QED) is 0.858. The van der Waals surface area contributed by atoms with Gasteiger partial charge in [-0.05, 0) is 46.6 Å². The van der Waals surface area contributed by atoms with Gasteiger partial charge in [0, 0.05) is 36.4 Å². The van der Waals surface area contributed by atoms with Crippen LogP contribution in [0, 0.1) is 6.92 Å². The van der Waals surface area contributed by atoms with Gasteiger partial charge < -0.3 is 4.90 Å².